The summed E-state index contributed by atoms with van der Waals surface area (Å²) in [6.45, 7) is 6.51. The molecule has 154 valence electrons. The van der Waals surface area contributed by atoms with Crippen molar-refractivity contribution in [2.75, 3.05) is 26.2 Å². The van der Waals surface area contributed by atoms with Crippen molar-refractivity contribution in [3.63, 3.8) is 0 Å². The Labute approximate surface area is 168 Å². The number of carboxylic acid groups (broad SMARTS) is 2. The van der Waals surface area contributed by atoms with Crippen LogP contribution in [-0.4, -0.2) is 62.0 Å². The van der Waals surface area contributed by atoms with Crippen molar-refractivity contribution >= 4 is 23.7 Å². The van der Waals surface area contributed by atoms with Crippen molar-refractivity contribution in [3.05, 3.63) is 30.0 Å². The summed E-state index contributed by atoms with van der Waals surface area (Å²) < 4.78 is 14.7. The topological polar surface area (TPSA) is 113 Å². The molecule has 3 aliphatic heterocycles. The molecule has 2 N–H and O–H groups in total. The predicted octanol–water partition coefficient (Wildman–Crippen LogP) is 2.79. The van der Waals surface area contributed by atoms with Crippen molar-refractivity contribution in [1.82, 2.24) is 13.6 Å². The van der Waals surface area contributed by atoms with Gasteiger partial charge in [0.2, 0.25) is 5.88 Å². The molecule has 3 fully saturated rings. The van der Waals surface area contributed by atoms with Crippen molar-refractivity contribution in [2.24, 2.45) is 5.92 Å². The first-order valence-corrected chi connectivity index (χ1v) is 10.2. The number of carboxylic acids is 2. The van der Waals surface area contributed by atoms with Gasteiger partial charge in [-0.15, -0.1) is 4.37 Å². The monoisotopic (exact) mass is 409 g/mol. The number of rotatable bonds is 8. The van der Waals surface area contributed by atoms with Crippen LogP contribution in [0.3, 0.4) is 0 Å². The Morgan fingerprint density at radius 3 is 2.39 bits per heavy atom. The quantitative estimate of drug-likeness (QED) is 0.383. The summed E-state index contributed by atoms with van der Waals surface area (Å²) in [6, 6.07) is 0. The number of aliphatic carboxylic acids is 2. The predicted molar refractivity (Wildman–Crippen MR) is 106 cm³/mol. The maximum atomic E-state index is 9.55. The minimum absolute atomic E-state index is 0.539. The highest BCUT2D eigenvalue weighted by atomic mass is 32.1. The number of nitrogens with zero attached hydrogens (tertiary/aromatic N) is 3. The van der Waals surface area contributed by atoms with Gasteiger partial charge in [0.15, 0.2) is 0 Å². The van der Waals surface area contributed by atoms with Gasteiger partial charge in [-0.05, 0) is 44.7 Å². The van der Waals surface area contributed by atoms with E-state index in [0.717, 1.165) is 36.9 Å². The van der Waals surface area contributed by atoms with Crippen LogP contribution in [0.15, 0.2) is 24.3 Å². The van der Waals surface area contributed by atoms with Gasteiger partial charge in [-0.1, -0.05) is 19.1 Å². The van der Waals surface area contributed by atoms with Crippen LogP contribution in [0.25, 0.3) is 0 Å². The molecule has 1 unspecified atom stereocenters. The average Bonchev–Trinajstić information content (AvgIpc) is 3.16. The molecule has 3 aliphatic rings. The van der Waals surface area contributed by atoms with Crippen LogP contribution in [0.4, 0.5) is 0 Å². The lowest BCUT2D eigenvalue weighted by atomic mass is 9.77. The number of allylic oxidation sites excluding steroid dienone is 1. The van der Waals surface area contributed by atoms with E-state index in [4.69, 9.17) is 14.9 Å². The molecular formula is C19H27N3O5S. The Bertz CT molecular complexity index is 679. The standard InChI is InChI=1S/C15H23N3OS.C4H4O4/c1-2-3-4-5-10-19-15-14(16-20-17-15)13-11-18-8-6-12(13)7-9-18;5-3(6)1-2-4(7)8/h3-4,12-13H,2,5-11H2,1H3;1-2H,(H,5,6)(H,7,8). The summed E-state index contributed by atoms with van der Waals surface area (Å²) >= 11 is 1.29. The maximum Gasteiger partial charge on any atom is 0.328 e. The molecule has 28 heavy (non-hydrogen) atoms. The van der Waals surface area contributed by atoms with Crippen LogP contribution in [0.2, 0.25) is 0 Å². The normalized spacial score (nSPS) is 23.5. The van der Waals surface area contributed by atoms with Gasteiger partial charge < -0.3 is 19.8 Å². The van der Waals surface area contributed by atoms with E-state index in [1.165, 1.54) is 37.7 Å². The third-order valence-electron chi connectivity index (χ3n) is 4.78. The van der Waals surface area contributed by atoms with Crippen molar-refractivity contribution < 1.29 is 24.5 Å². The molecule has 1 atom stereocenters. The Kier molecular flexibility index (Phi) is 9.09. The lowest BCUT2D eigenvalue weighted by molar-refractivity contribution is -0.134. The molecule has 8 nitrogen and oxygen atoms in total. The van der Waals surface area contributed by atoms with Gasteiger partial charge in [-0.3, -0.25) is 0 Å². The van der Waals surface area contributed by atoms with Crippen LogP contribution >= 0.6 is 11.7 Å². The van der Waals surface area contributed by atoms with E-state index in [1.807, 2.05) is 0 Å². The summed E-state index contributed by atoms with van der Waals surface area (Å²) in [7, 11) is 0. The van der Waals surface area contributed by atoms with E-state index >= 15 is 0 Å². The Morgan fingerprint density at radius 2 is 1.86 bits per heavy atom. The van der Waals surface area contributed by atoms with Gasteiger partial charge in [0.1, 0.15) is 5.69 Å². The van der Waals surface area contributed by atoms with E-state index in [-0.39, 0.29) is 0 Å². The second-order valence-electron chi connectivity index (χ2n) is 6.73. The second-order valence-corrected chi connectivity index (χ2v) is 7.25. The fourth-order valence-electron chi connectivity index (χ4n) is 3.44. The summed E-state index contributed by atoms with van der Waals surface area (Å²) in [5.41, 5.74) is 1.11. The molecule has 1 aromatic rings. The Hall–Kier alpha value is -2.26. The Balaban J connectivity index is 0.000000300. The molecule has 0 aliphatic carbocycles. The smallest absolute Gasteiger partial charge is 0.328 e. The zero-order valence-corrected chi connectivity index (χ0v) is 16.8. The molecule has 0 aromatic carbocycles. The lowest BCUT2D eigenvalue weighted by Crippen LogP contribution is -2.46. The van der Waals surface area contributed by atoms with E-state index in [9.17, 15) is 9.59 Å². The van der Waals surface area contributed by atoms with Crippen LogP contribution in [0.5, 0.6) is 5.88 Å². The van der Waals surface area contributed by atoms with Crippen molar-refractivity contribution in [2.45, 2.75) is 38.5 Å². The first-order valence-electron chi connectivity index (χ1n) is 9.47. The number of carbonyl (C=O) groups is 2. The number of fused-ring (bicyclic) bond motifs is 3. The third-order valence-corrected chi connectivity index (χ3v) is 5.31. The highest BCUT2D eigenvalue weighted by molar-refractivity contribution is 6.99. The number of hydrogen-bond acceptors (Lipinski definition) is 7. The number of hydrogen-bond donors (Lipinski definition) is 2. The molecule has 0 radical (unpaired) electrons. The van der Waals surface area contributed by atoms with Gasteiger partial charge in [-0.25, -0.2) is 9.59 Å². The van der Waals surface area contributed by atoms with Gasteiger partial charge in [0.05, 0.1) is 18.3 Å². The second kappa shape index (κ2) is 11.6. The molecule has 4 heterocycles. The summed E-state index contributed by atoms with van der Waals surface area (Å²) in [5, 5.41) is 15.6. The molecule has 4 rings (SSSR count). The molecule has 9 heteroatoms. The fourth-order valence-corrected chi connectivity index (χ4v) is 4.00. The lowest BCUT2D eigenvalue weighted by Gasteiger charge is -2.44. The first-order chi connectivity index (χ1) is 13.5. The van der Waals surface area contributed by atoms with E-state index in [0.29, 0.717) is 24.7 Å². The molecule has 3 saturated heterocycles. The number of ether oxygens (including phenoxy) is 1. The average molecular weight is 410 g/mol. The SMILES string of the molecule is CCC=CCCOc1nsnc1C1CN2CCC1CC2.O=C(O)C=CC(=O)O. The van der Waals surface area contributed by atoms with E-state index in [1.54, 1.807) is 0 Å². The summed E-state index contributed by atoms with van der Waals surface area (Å²) in [4.78, 5) is 21.7. The molecule has 0 spiro atoms. The highest BCUT2D eigenvalue weighted by Crippen LogP contribution is 2.41. The molecule has 2 bridgehead atoms. The van der Waals surface area contributed by atoms with Crippen LogP contribution in [0, 0.1) is 5.92 Å². The minimum atomic E-state index is -1.26. The van der Waals surface area contributed by atoms with Crippen LogP contribution < -0.4 is 4.74 Å². The van der Waals surface area contributed by atoms with Gasteiger partial charge in [-0.2, -0.15) is 4.37 Å². The van der Waals surface area contributed by atoms with Crippen LogP contribution in [0.1, 0.15) is 44.2 Å². The molecule has 1 aromatic heterocycles. The maximum absolute atomic E-state index is 9.55. The fraction of sp³-hybridized carbons (Fsp3) is 0.579. The highest BCUT2D eigenvalue weighted by Gasteiger charge is 2.38. The Morgan fingerprint density at radius 1 is 1.18 bits per heavy atom. The van der Waals surface area contributed by atoms with Gasteiger partial charge in [0.25, 0.3) is 0 Å². The summed E-state index contributed by atoms with van der Waals surface area (Å²) in [6.07, 6.45) is 10.1. The van der Waals surface area contributed by atoms with Gasteiger partial charge >= 0.3 is 11.9 Å². The zero-order chi connectivity index (χ0) is 20.4. The van der Waals surface area contributed by atoms with Crippen molar-refractivity contribution in [3.8, 4) is 5.88 Å². The first kappa shape index (κ1) is 22.0. The van der Waals surface area contributed by atoms with E-state index < -0.39 is 11.9 Å². The molecule has 0 saturated carbocycles. The minimum Gasteiger partial charge on any atom is -0.478 e. The molecular weight excluding hydrogens is 382 g/mol. The largest absolute Gasteiger partial charge is 0.478 e. The number of aromatic nitrogens is 2. The summed E-state index contributed by atoms with van der Waals surface area (Å²) in [5.74, 6) is -0.401. The zero-order valence-electron chi connectivity index (χ0n) is 16.0. The third kappa shape index (κ3) is 7.05. The molecule has 0 amide bonds. The van der Waals surface area contributed by atoms with Crippen LogP contribution in [-0.2, 0) is 9.59 Å². The number of piperidine rings is 3. The van der Waals surface area contributed by atoms with Gasteiger partial charge in [0, 0.05) is 24.6 Å². The van der Waals surface area contributed by atoms with E-state index in [2.05, 4.69) is 32.7 Å². The van der Waals surface area contributed by atoms with Crippen molar-refractivity contribution in [1.29, 1.82) is 0 Å².